The molecule has 1 saturated heterocycles. The maximum Gasteiger partial charge on any atom is 0.472 e. The maximum absolute atomic E-state index is 13.3. The smallest absolute Gasteiger partial charge is 0.378 e. The number of halogens is 6. The van der Waals surface area contributed by atoms with Crippen molar-refractivity contribution >= 4 is 23.5 Å². The highest BCUT2D eigenvalue weighted by Gasteiger charge is 2.39. The Morgan fingerprint density at radius 3 is 2.25 bits per heavy atom. The molecule has 2 aliphatic rings. The van der Waals surface area contributed by atoms with Crippen LogP contribution in [0.4, 0.5) is 36.8 Å². The molecule has 0 bridgehead atoms. The number of nitrogens with zero attached hydrogens (tertiary/aromatic N) is 2. The molecule has 0 unspecified atom stereocenters. The van der Waals surface area contributed by atoms with E-state index in [2.05, 4.69) is 0 Å². The van der Waals surface area contributed by atoms with Crippen LogP contribution in [0.2, 0.25) is 0 Å². The summed E-state index contributed by atoms with van der Waals surface area (Å²) in [6, 6.07) is 3.84. The van der Waals surface area contributed by atoms with Gasteiger partial charge in [0.25, 0.3) is 5.91 Å². The number of amides is 4. The van der Waals surface area contributed by atoms with Crippen LogP contribution in [0.1, 0.15) is 18.4 Å². The SMILES string of the molecule is O=C(NNC(=O)C(F)(F)F)C1=CC=C(CN(C(=O)N2CCOCC2)c2cccc(C(F)(F)F)c2)CC1. The highest BCUT2D eigenvalue weighted by Crippen LogP contribution is 2.32. The summed E-state index contributed by atoms with van der Waals surface area (Å²) in [5, 5.41) is 0. The quantitative estimate of drug-likeness (QED) is 0.471. The zero-order chi connectivity index (χ0) is 26.5. The summed E-state index contributed by atoms with van der Waals surface area (Å²) >= 11 is 0. The molecule has 8 nitrogen and oxygen atoms in total. The van der Waals surface area contributed by atoms with Crippen molar-refractivity contribution in [2.24, 2.45) is 0 Å². The Balaban J connectivity index is 1.77. The van der Waals surface area contributed by atoms with E-state index >= 15 is 0 Å². The van der Waals surface area contributed by atoms with E-state index in [1.54, 1.807) is 5.43 Å². The van der Waals surface area contributed by atoms with Gasteiger partial charge in [-0.15, -0.1) is 0 Å². The molecule has 4 amide bonds. The number of alkyl halides is 6. The van der Waals surface area contributed by atoms with Crippen molar-refractivity contribution in [2.75, 3.05) is 37.7 Å². The molecule has 0 radical (unpaired) electrons. The van der Waals surface area contributed by atoms with Gasteiger partial charge in [0.05, 0.1) is 18.8 Å². The minimum absolute atomic E-state index is 0.0320. The van der Waals surface area contributed by atoms with Crippen molar-refractivity contribution in [1.82, 2.24) is 15.8 Å². The minimum Gasteiger partial charge on any atom is -0.378 e. The maximum atomic E-state index is 13.3. The molecule has 2 N–H and O–H groups in total. The van der Waals surface area contributed by atoms with Gasteiger partial charge in [0.2, 0.25) is 0 Å². The Morgan fingerprint density at radius 2 is 1.67 bits per heavy atom. The lowest BCUT2D eigenvalue weighted by Crippen LogP contribution is -2.49. The second kappa shape index (κ2) is 11.0. The summed E-state index contributed by atoms with van der Waals surface area (Å²) in [5.74, 6) is -3.27. The van der Waals surface area contributed by atoms with Gasteiger partial charge in [-0.05, 0) is 31.0 Å². The molecule has 0 spiro atoms. The molecular formula is C22H22F6N4O4. The van der Waals surface area contributed by atoms with E-state index in [9.17, 15) is 40.7 Å². The Kier molecular flexibility index (Phi) is 8.28. The molecule has 1 aliphatic carbocycles. The van der Waals surface area contributed by atoms with Crippen molar-refractivity contribution in [3.05, 3.63) is 53.1 Å². The van der Waals surface area contributed by atoms with Gasteiger partial charge in [0.1, 0.15) is 0 Å². The second-order valence-corrected chi connectivity index (χ2v) is 7.94. The zero-order valence-corrected chi connectivity index (χ0v) is 18.7. The number of rotatable bonds is 4. The zero-order valence-electron chi connectivity index (χ0n) is 18.7. The van der Waals surface area contributed by atoms with Crippen LogP contribution in [-0.4, -0.2) is 61.8 Å². The molecule has 1 heterocycles. The van der Waals surface area contributed by atoms with Crippen molar-refractivity contribution in [3.63, 3.8) is 0 Å². The lowest BCUT2D eigenvalue weighted by molar-refractivity contribution is -0.175. The van der Waals surface area contributed by atoms with E-state index in [0.717, 1.165) is 12.1 Å². The molecule has 1 aliphatic heterocycles. The Bertz CT molecular complexity index is 1060. The average molecular weight is 520 g/mol. The van der Waals surface area contributed by atoms with Gasteiger partial charge in [-0.1, -0.05) is 23.8 Å². The van der Waals surface area contributed by atoms with Crippen molar-refractivity contribution in [3.8, 4) is 0 Å². The molecule has 1 aromatic rings. The predicted octanol–water partition coefficient (Wildman–Crippen LogP) is 3.32. The van der Waals surface area contributed by atoms with E-state index in [4.69, 9.17) is 4.74 Å². The summed E-state index contributed by atoms with van der Waals surface area (Å²) in [4.78, 5) is 38.8. The van der Waals surface area contributed by atoms with Crippen LogP contribution in [0.25, 0.3) is 0 Å². The first-order valence-corrected chi connectivity index (χ1v) is 10.7. The van der Waals surface area contributed by atoms with Gasteiger partial charge >= 0.3 is 24.3 Å². The second-order valence-electron chi connectivity index (χ2n) is 7.94. The number of urea groups is 1. The summed E-state index contributed by atoms with van der Waals surface area (Å²) in [6.45, 7) is 1.03. The highest BCUT2D eigenvalue weighted by atomic mass is 19.4. The van der Waals surface area contributed by atoms with Gasteiger partial charge in [0, 0.05) is 30.9 Å². The third-order valence-electron chi connectivity index (χ3n) is 5.43. The fourth-order valence-corrected chi connectivity index (χ4v) is 3.51. The number of morpholine rings is 1. The fourth-order valence-electron chi connectivity index (χ4n) is 3.51. The van der Waals surface area contributed by atoms with E-state index in [0.29, 0.717) is 5.57 Å². The Labute approximate surface area is 201 Å². The van der Waals surface area contributed by atoms with E-state index in [1.807, 2.05) is 0 Å². The van der Waals surface area contributed by atoms with Crippen molar-refractivity contribution in [1.29, 1.82) is 0 Å². The number of hydrogen-bond donors (Lipinski definition) is 2. The van der Waals surface area contributed by atoms with Crippen LogP contribution in [0.5, 0.6) is 0 Å². The minimum atomic E-state index is -5.17. The lowest BCUT2D eigenvalue weighted by Gasteiger charge is -2.34. The van der Waals surface area contributed by atoms with Crippen LogP contribution in [-0.2, 0) is 20.5 Å². The normalized spacial score (nSPS) is 16.6. The van der Waals surface area contributed by atoms with Crippen LogP contribution in [0.3, 0.4) is 0 Å². The number of benzene rings is 1. The van der Waals surface area contributed by atoms with Gasteiger partial charge < -0.3 is 9.64 Å². The third-order valence-corrected chi connectivity index (χ3v) is 5.43. The molecule has 1 aromatic carbocycles. The number of ether oxygens (including phenoxy) is 1. The topological polar surface area (TPSA) is 91.0 Å². The van der Waals surface area contributed by atoms with Gasteiger partial charge in [0.15, 0.2) is 0 Å². The van der Waals surface area contributed by atoms with Crippen molar-refractivity contribution in [2.45, 2.75) is 25.2 Å². The molecule has 0 atom stereocenters. The number of allylic oxidation sites excluding steroid dienone is 2. The lowest BCUT2D eigenvalue weighted by atomic mass is 9.97. The Hall–Kier alpha value is -3.55. The van der Waals surface area contributed by atoms with E-state index < -0.39 is 35.8 Å². The first-order valence-electron chi connectivity index (χ1n) is 10.7. The molecule has 196 valence electrons. The molecule has 0 saturated carbocycles. The molecule has 14 heteroatoms. The van der Waals surface area contributed by atoms with Gasteiger partial charge in [-0.3, -0.25) is 25.3 Å². The molecule has 0 aromatic heterocycles. The largest absolute Gasteiger partial charge is 0.472 e. The number of nitrogens with one attached hydrogen (secondary N) is 2. The number of hydrazine groups is 1. The molecule has 36 heavy (non-hydrogen) atoms. The van der Waals surface area contributed by atoms with Crippen LogP contribution in [0, 0.1) is 0 Å². The molecule has 1 fully saturated rings. The van der Waals surface area contributed by atoms with Crippen LogP contribution in [0.15, 0.2) is 47.6 Å². The monoisotopic (exact) mass is 520 g/mol. The molecular weight excluding hydrogens is 498 g/mol. The summed E-state index contributed by atoms with van der Waals surface area (Å²) in [7, 11) is 0. The van der Waals surface area contributed by atoms with Gasteiger partial charge in [-0.25, -0.2) is 4.79 Å². The number of carbonyl (C=O) groups is 3. The first-order chi connectivity index (χ1) is 16.9. The highest BCUT2D eigenvalue weighted by molar-refractivity contribution is 5.96. The fraction of sp³-hybridized carbons (Fsp3) is 0.409. The van der Waals surface area contributed by atoms with Gasteiger partial charge in [-0.2, -0.15) is 26.3 Å². The van der Waals surface area contributed by atoms with Crippen molar-refractivity contribution < 1.29 is 45.5 Å². The number of carbonyl (C=O) groups excluding carboxylic acids is 3. The van der Waals surface area contributed by atoms with E-state index in [-0.39, 0.29) is 57.0 Å². The molecule has 3 rings (SSSR count). The van der Waals surface area contributed by atoms with Crippen LogP contribution >= 0.6 is 0 Å². The standard InChI is InChI=1S/C22H22F6N4O4/c23-21(24,25)16-2-1-3-17(12-16)32(20(35)31-8-10-36-11-9-31)13-14-4-6-15(7-5-14)18(33)29-30-19(34)22(26,27)28/h1-4,6,12H,5,7-11,13H2,(H,29,33)(H,30,34). The summed E-state index contributed by atoms with van der Waals surface area (Å²) < 4.78 is 81.8. The number of anilines is 1. The number of hydrogen-bond acceptors (Lipinski definition) is 4. The van der Waals surface area contributed by atoms with Crippen LogP contribution < -0.4 is 15.8 Å². The summed E-state index contributed by atoms with van der Waals surface area (Å²) in [5.41, 5.74) is 2.73. The third kappa shape index (κ3) is 6.99. The average Bonchev–Trinajstić information content (AvgIpc) is 2.85. The Morgan fingerprint density at radius 1 is 0.972 bits per heavy atom. The summed E-state index contributed by atoms with van der Waals surface area (Å²) in [6.07, 6.45) is -6.71. The predicted molar refractivity (Wildman–Crippen MR) is 114 cm³/mol. The first kappa shape index (κ1) is 27.0. The van der Waals surface area contributed by atoms with E-state index in [1.165, 1.54) is 39.5 Å².